The van der Waals surface area contributed by atoms with Crippen LogP contribution in [0.2, 0.25) is 0 Å². The quantitative estimate of drug-likeness (QED) is 0.102. The number of carbonyl (C=O) groups excluding carboxylic acids is 1. The Balaban J connectivity index is 0.00000541. The van der Waals surface area contributed by atoms with Crippen molar-refractivity contribution in [1.82, 2.24) is 4.57 Å². The molecule has 2 bridgehead atoms. The van der Waals surface area contributed by atoms with Crippen molar-refractivity contribution >= 4 is 22.5 Å². The molecule has 0 unspecified atom stereocenters. The average Bonchev–Trinajstić information content (AvgIpc) is 3.15. The number of unbranched alkanes of at least 4 members (excludes halogenated alkanes) is 4. The van der Waals surface area contributed by atoms with E-state index in [2.05, 4.69) is 0 Å². The van der Waals surface area contributed by atoms with Crippen molar-refractivity contribution < 1.29 is 49.3 Å². The molecule has 4 aromatic rings. The van der Waals surface area contributed by atoms with Gasteiger partial charge in [-0.25, -0.2) is 8.78 Å². The van der Waals surface area contributed by atoms with Crippen LogP contribution in [0.1, 0.15) is 82.0 Å². The number of nitrogens with zero attached hydrogens (tertiary/aromatic N) is 3. The second kappa shape index (κ2) is 18.4. The van der Waals surface area contributed by atoms with E-state index in [0.717, 1.165) is 43.4 Å². The van der Waals surface area contributed by atoms with Gasteiger partial charge in [0, 0.05) is 54.1 Å². The van der Waals surface area contributed by atoms with Gasteiger partial charge in [0.1, 0.15) is 34.4 Å². The van der Waals surface area contributed by atoms with Gasteiger partial charge in [0.25, 0.3) is 5.91 Å². The highest BCUT2D eigenvalue weighted by Gasteiger charge is 2.38. The summed E-state index contributed by atoms with van der Waals surface area (Å²) >= 11 is 0. The van der Waals surface area contributed by atoms with E-state index in [1.54, 1.807) is 42.9 Å². The molecule has 3 aromatic carbocycles. The van der Waals surface area contributed by atoms with E-state index in [0.29, 0.717) is 47.1 Å². The number of pyridine rings is 1. The van der Waals surface area contributed by atoms with Crippen LogP contribution in [0.25, 0.3) is 16.6 Å². The Hall–Kier alpha value is -3.96. The normalized spacial score (nSPS) is 17.7. The van der Waals surface area contributed by atoms with Crippen LogP contribution in [0.3, 0.4) is 0 Å². The molecule has 3 aliphatic rings. The maximum atomic E-state index is 14.2. The fourth-order valence-corrected chi connectivity index (χ4v) is 7.90. The summed E-state index contributed by atoms with van der Waals surface area (Å²) in [6.07, 6.45) is 12.3. The number of aromatic nitrogens is 1. The number of carbonyl (C=O) groups is 1. The van der Waals surface area contributed by atoms with Crippen LogP contribution in [0, 0.1) is 17.6 Å². The third-order valence-corrected chi connectivity index (χ3v) is 10.9. The molecular weight excluding hydrogens is 744 g/mol. The van der Waals surface area contributed by atoms with E-state index in [1.807, 2.05) is 19.1 Å². The molecule has 0 aliphatic carbocycles. The minimum Gasteiger partial charge on any atom is -1.00 e. The number of piperidine rings is 3. The first-order chi connectivity index (χ1) is 25.2. The summed E-state index contributed by atoms with van der Waals surface area (Å²) in [5.74, 6) is 0.393. The molecule has 0 N–H and O–H groups in total. The van der Waals surface area contributed by atoms with Crippen LogP contribution in [0.4, 0.5) is 14.5 Å². The summed E-state index contributed by atoms with van der Waals surface area (Å²) < 4.78 is 49.2. The molecule has 1 amide bonds. The number of methoxy groups -OCH3 is 1. The molecule has 286 valence electrons. The van der Waals surface area contributed by atoms with E-state index >= 15 is 0 Å². The summed E-state index contributed by atoms with van der Waals surface area (Å²) in [5.41, 5.74) is 0.499. The number of anilines is 1. The lowest BCUT2D eigenvalue weighted by molar-refractivity contribution is -0.942. The number of amides is 1. The van der Waals surface area contributed by atoms with E-state index in [-0.39, 0.29) is 34.8 Å². The molecule has 0 radical (unpaired) electrons. The number of hydrogen-bond donors (Lipinski definition) is 0. The Bertz CT molecular complexity index is 1890. The van der Waals surface area contributed by atoms with Crippen LogP contribution in [-0.4, -0.2) is 68.0 Å². The minimum absolute atomic E-state index is 0. The largest absolute Gasteiger partial charge is 1.00 e. The molecule has 0 spiro atoms. The highest BCUT2D eigenvalue weighted by molar-refractivity contribution is 6.07. The zero-order valence-corrected chi connectivity index (χ0v) is 32.8. The lowest BCUT2D eigenvalue weighted by atomic mass is 9.85. The van der Waals surface area contributed by atoms with Crippen molar-refractivity contribution in [2.75, 3.05) is 57.9 Å². The molecule has 11 heteroatoms. The zero-order chi connectivity index (χ0) is 36.7. The molecule has 7 rings (SSSR count). The van der Waals surface area contributed by atoms with Gasteiger partial charge in [-0.3, -0.25) is 9.59 Å². The zero-order valence-electron chi connectivity index (χ0n) is 31.2. The Kier molecular flexibility index (Phi) is 14.0. The van der Waals surface area contributed by atoms with Gasteiger partial charge in [0.15, 0.2) is 0 Å². The Morgan fingerprint density at radius 1 is 0.830 bits per heavy atom. The van der Waals surface area contributed by atoms with Crippen LogP contribution >= 0.6 is 0 Å². The SMILES string of the molecule is CCCOc1cc(OC)cc(-n2cc(C(=O)N(CC)c3cc(F)cc(F)c3)c(=O)c3ccc(OCCCCCCC[N+]45CCC(CC4)CC5)cc32)c1.[Br-]. The van der Waals surface area contributed by atoms with E-state index in [9.17, 15) is 18.4 Å². The second-order valence-electron chi connectivity index (χ2n) is 14.4. The number of rotatable bonds is 17. The third-order valence-electron chi connectivity index (χ3n) is 10.9. The third kappa shape index (κ3) is 9.59. The first-order valence-corrected chi connectivity index (χ1v) is 19.0. The van der Waals surface area contributed by atoms with Gasteiger partial charge >= 0.3 is 0 Å². The van der Waals surface area contributed by atoms with E-state index in [1.165, 1.54) is 80.3 Å². The van der Waals surface area contributed by atoms with Gasteiger partial charge in [-0.15, -0.1) is 0 Å². The van der Waals surface area contributed by atoms with Gasteiger partial charge in [0.2, 0.25) is 5.43 Å². The Labute approximate surface area is 322 Å². The van der Waals surface area contributed by atoms with Crippen molar-refractivity contribution in [2.24, 2.45) is 5.92 Å². The maximum Gasteiger partial charge on any atom is 0.263 e. The number of fused-ring (bicyclic) bond motifs is 4. The van der Waals surface area contributed by atoms with Crippen molar-refractivity contribution in [3.05, 3.63) is 88.2 Å². The summed E-state index contributed by atoms with van der Waals surface area (Å²) in [6.45, 7) is 10.3. The lowest BCUT2D eigenvalue weighted by Crippen LogP contribution is -3.00. The summed E-state index contributed by atoms with van der Waals surface area (Å²) in [7, 11) is 1.56. The number of benzene rings is 3. The standard InChI is InChI=1S/C42H52F2N3O5.BrH/c1-4-20-51-37-26-34(25-36(27-37)50-3)46-29-39(42(49)45(5-2)33-23-31(43)22-32(44)24-33)41(48)38-12-11-35(28-40(38)46)52-21-10-8-6-7-9-16-47-17-13-30(14-18-47)15-19-47;/h11-12,22-30H,4-10,13-21H2,1-3H3;1H/q+1;/p-1. The predicted molar refractivity (Wildman–Crippen MR) is 201 cm³/mol. The highest BCUT2D eigenvalue weighted by atomic mass is 79.9. The van der Waals surface area contributed by atoms with Crippen LogP contribution in [0.5, 0.6) is 17.2 Å². The van der Waals surface area contributed by atoms with Gasteiger partial charge in [-0.05, 0) is 82.1 Å². The van der Waals surface area contributed by atoms with Gasteiger partial charge < -0.3 is 45.1 Å². The molecule has 1 aromatic heterocycles. The fourth-order valence-electron chi connectivity index (χ4n) is 7.90. The summed E-state index contributed by atoms with van der Waals surface area (Å²) in [6, 6.07) is 13.5. The average molecular weight is 797 g/mol. The highest BCUT2D eigenvalue weighted by Crippen LogP contribution is 2.34. The van der Waals surface area contributed by atoms with Gasteiger partial charge in [-0.2, -0.15) is 0 Å². The molecule has 3 aliphatic heterocycles. The van der Waals surface area contributed by atoms with Crippen molar-refractivity contribution in [3.63, 3.8) is 0 Å². The Morgan fingerprint density at radius 3 is 2.17 bits per heavy atom. The van der Waals surface area contributed by atoms with E-state index < -0.39 is 23.0 Å². The smallest absolute Gasteiger partial charge is 0.263 e. The molecule has 8 nitrogen and oxygen atoms in total. The first-order valence-electron chi connectivity index (χ1n) is 19.0. The van der Waals surface area contributed by atoms with Crippen LogP contribution < -0.4 is 41.5 Å². The summed E-state index contributed by atoms with van der Waals surface area (Å²) in [4.78, 5) is 29.2. The second-order valence-corrected chi connectivity index (χ2v) is 14.4. The van der Waals surface area contributed by atoms with Crippen LogP contribution in [-0.2, 0) is 0 Å². The molecule has 3 fully saturated rings. The molecule has 4 heterocycles. The maximum absolute atomic E-state index is 14.2. The number of hydrogen-bond acceptors (Lipinski definition) is 5. The first kappa shape index (κ1) is 40.2. The van der Waals surface area contributed by atoms with Gasteiger partial charge in [-0.1, -0.05) is 19.8 Å². The number of ether oxygens (including phenoxy) is 3. The summed E-state index contributed by atoms with van der Waals surface area (Å²) in [5, 5.41) is 0.294. The molecule has 0 atom stereocenters. The van der Waals surface area contributed by atoms with Crippen molar-refractivity contribution in [1.29, 1.82) is 0 Å². The fraction of sp³-hybridized carbons (Fsp3) is 0.476. The minimum atomic E-state index is -0.818. The number of halogens is 3. The van der Waals surface area contributed by atoms with Crippen molar-refractivity contribution in [2.45, 2.75) is 71.6 Å². The van der Waals surface area contributed by atoms with Crippen LogP contribution in [0.15, 0.2) is 65.6 Å². The van der Waals surface area contributed by atoms with Gasteiger partial charge in [0.05, 0.1) is 57.7 Å². The lowest BCUT2D eigenvalue weighted by Gasteiger charge is -2.49. The van der Waals surface area contributed by atoms with E-state index in [4.69, 9.17) is 14.2 Å². The molecule has 0 saturated carbocycles. The molecule has 3 saturated heterocycles. The predicted octanol–water partition coefficient (Wildman–Crippen LogP) is 5.70. The monoisotopic (exact) mass is 795 g/mol. The van der Waals surface area contributed by atoms with Crippen molar-refractivity contribution in [3.8, 4) is 22.9 Å². The number of quaternary nitrogens is 1. The topological polar surface area (TPSA) is 70.0 Å². The Morgan fingerprint density at radius 2 is 1.49 bits per heavy atom. The molecule has 53 heavy (non-hydrogen) atoms. The molecular formula is C42H52BrF2N3O5.